The SMILES string of the molecule is c1ccc(-c2ccc(-c3nc(-c4ccc5ccccc5c4)cc(-c4ccc(-c5cccc(-c6ccc7c(c6)-c6ccccc6C7(c6ccccc6)c6ccccc6)c5)c5ccccc45)n3)cc2)cc1. The fourth-order valence-electron chi connectivity index (χ4n) is 10.9. The number of aromatic nitrogens is 2. The molecule has 0 bridgehead atoms. The third-order valence-electron chi connectivity index (χ3n) is 14.2. The Morgan fingerprint density at radius 2 is 0.768 bits per heavy atom. The topological polar surface area (TPSA) is 25.8 Å². The van der Waals surface area contributed by atoms with Gasteiger partial charge in [0.1, 0.15) is 0 Å². The van der Waals surface area contributed by atoms with Gasteiger partial charge in [0.05, 0.1) is 16.8 Å². The van der Waals surface area contributed by atoms with Crippen LogP contribution in [0.4, 0.5) is 0 Å². The Balaban J connectivity index is 0.919. The van der Waals surface area contributed by atoms with Crippen molar-refractivity contribution >= 4 is 21.5 Å². The van der Waals surface area contributed by atoms with E-state index in [-0.39, 0.29) is 0 Å². The minimum absolute atomic E-state index is 0.427. The van der Waals surface area contributed by atoms with Gasteiger partial charge in [-0.2, -0.15) is 0 Å². The first kappa shape index (κ1) is 40.3. The Morgan fingerprint density at radius 1 is 0.246 bits per heavy atom. The smallest absolute Gasteiger partial charge is 0.160 e. The highest BCUT2D eigenvalue weighted by Crippen LogP contribution is 2.56. The van der Waals surface area contributed by atoms with Gasteiger partial charge in [0.15, 0.2) is 5.82 Å². The zero-order valence-corrected chi connectivity index (χ0v) is 37.8. The predicted octanol–water partition coefficient (Wildman–Crippen LogP) is 17.1. The highest BCUT2D eigenvalue weighted by Gasteiger charge is 2.46. The van der Waals surface area contributed by atoms with Crippen molar-refractivity contribution in [2.24, 2.45) is 0 Å². The van der Waals surface area contributed by atoms with E-state index in [4.69, 9.17) is 9.97 Å². The number of rotatable bonds is 8. The molecule has 0 fully saturated rings. The fourth-order valence-corrected chi connectivity index (χ4v) is 10.9. The molecule has 12 aromatic rings. The second-order valence-corrected chi connectivity index (χ2v) is 18.0. The first-order valence-corrected chi connectivity index (χ1v) is 23.7. The van der Waals surface area contributed by atoms with Crippen LogP contribution in [0.3, 0.4) is 0 Å². The normalized spacial score (nSPS) is 12.5. The Kier molecular flexibility index (Phi) is 9.77. The summed E-state index contributed by atoms with van der Waals surface area (Å²) < 4.78 is 0. The Hall–Kier alpha value is -8.98. The van der Waals surface area contributed by atoms with Gasteiger partial charge in [-0.05, 0) is 113 Å². The standard InChI is InChI=1S/C67H44N2/c1-4-17-45(18-5-1)47-31-34-48(35-32-47)66-68-64(53-36-33-46-19-10-11-20-49(46)42-53)44-65(69-66)60-39-38-56(57-27-12-13-28-58(57)60)52-22-16-21-50(41-52)51-37-40-63-61(43-51)59-29-14-15-30-62(59)67(63,54-23-6-2-7-24-54)55-25-8-3-9-26-55/h1-44H. The predicted molar refractivity (Wildman–Crippen MR) is 287 cm³/mol. The van der Waals surface area contributed by atoms with Gasteiger partial charge >= 0.3 is 0 Å². The van der Waals surface area contributed by atoms with E-state index in [1.54, 1.807) is 0 Å². The molecule has 0 saturated heterocycles. The van der Waals surface area contributed by atoms with Crippen molar-refractivity contribution in [3.05, 3.63) is 289 Å². The van der Waals surface area contributed by atoms with Crippen LogP contribution in [0.15, 0.2) is 267 Å². The quantitative estimate of drug-likeness (QED) is 0.152. The van der Waals surface area contributed by atoms with Crippen molar-refractivity contribution in [2.45, 2.75) is 5.41 Å². The zero-order valence-electron chi connectivity index (χ0n) is 37.8. The lowest BCUT2D eigenvalue weighted by Crippen LogP contribution is -2.28. The monoisotopic (exact) mass is 876 g/mol. The molecule has 2 nitrogen and oxygen atoms in total. The van der Waals surface area contributed by atoms with E-state index in [2.05, 4.69) is 267 Å². The lowest BCUT2D eigenvalue weighted by molar-refractivity contribution is 0.768. The van der Waals surface area contributed by atoms with Crippen molar-refractivity contribution in [3.8, 4) is 78.4 Å². The first-order chi connectivity index (χ1) is 34.2. The van der Waals surface area contributed by atoms with Gasteiger partial charge in [0.25, 0.3) is 0 Å². The number of nitrogens with zero attached hydrogens (tertiary/aromatic N) is 2. The second kappa shape index (κ2) is 16.7. The van der Waals surface area contributed by atoms with Gasteiger partial charge in [0, 0.05) is 16.7 Å². The van der Waals surface area contributed by atoms with Gasteiger partial charge in [-0.1, -0.05) is 243 Å². The average molecular weight is 877 g/mol. The van der Waals surface area contributed by atoms with Crippen LogP contribution < -0.4 is 0 Å². The van der Waals surface area contributed by atoms with Gasteiger partial charge in [-0.3, -0.25) is 0 Å². The number of fused-ring (bicyclic) bond motifs is 5. The highest BCUT2D eigenvalue weighted by molar-refractivity contribution is 6.05. The molecule has 1 aliphatic carbocycles. The van der Waals surface area contributed by atoms with E-state index in [0.717, 1.165) is 44.6 Å². The molecule has 0 unspecified atom stereocenters. The molecule has 1 heterocycles. The fraction of sp³-hybridized carbons (Fsp3) is 0.0149. The van der Waals surface area contributed by atoms with E-state index in [1.807, 2.05) is 0 Å². The van der Waals surface area contributed by atoms with E-state index in [0.29, 0.717) is 5.82 Å². The molecule has 11 aromatic carbocycles. The molecule has 69 heavy (non-hydrogen) atoms. The maximum atomic E-state index is 5.35. The number of hydrogen-bond donors (Lipinski definition) is 0. The largest absolute Gasteiger partial charge is 0.228 e. The number of benzene rings is 11. The van der Waals surface area contributed by atoms with Crippen molar-refractivity contribution in [2.75, 3.05) is 0 Å². The summed E-state index contributed by atoms with van der Waals surface area (Å²) in [6.45, 7) is 0. The molecule has 0 atom stereocenters. The van der Waals surface area contributed by atoms with E-state index in [9.17, 15) is 0 Å². The summed E-state index contributed by atoms with van der Waals surface area (Å²) in [7, 11) is 0. The highest BCUT2D eigenvalue weighted by atomic mass is 14.9. The maximum Gasteiger partial charge on any atom is 0.160 e. The van der Waals surface area contributed by atoms with Gasteiger partial charge < -0.3 is 0 Å². The summed E-state index contributed by atoms with van der Waals surface area (Å²) in [4.78, 5) is 10.6. The van der Waals surface area contributed by atoms with Gasteiger partial charge in [-0.15, -0.1) is 0 Å². The van der Waals surface area contributed by atoms with Crippen molar-refractivity contribution in [3.63, 3.8) is 0 Å². The Bertz CT molecular complexity index is 3840. The molecule has 0 aliphatic heterocycles. The first-order valence-electron chi connectivity index (χ1n) is 23.7. The summed E-state index contributed by atoms with van der Waals surface area (Å²) >= 11 is 0. The van der Waals surface area contributed by atoms with E-state index in [1.165, 1.54) is 71.8 Å². The zero-order chi connectivity index (χ0) is 45.7. The Labute approximate surface area is 402 Å². The van der Waals surface area contributed by atoms with E-state index >= 15 is 0 Å². The maximum absolute atomic E-state index is 5.35. The molecule has 0 amide bonds. The second-order valence-electron chi connectivity index (χ2n) is 18.0. The van der Waals surface area contributed by atoms with Crippen LogP contribution in [0.2, 0.25) is 0 Å². The van der Waals surface area contributed by atoms with Gasteiger partial charge in [-0.25, -0.2) is 9.97 Å². The minimum Gasteiger partial charge on any atom is -0.228 e. The minimum atomic E-state index is -0.427. The molecule has 1 aliphatic rings. The summed E-state index contributed by atoms with van der Waals surface area (Å²) in [6.07, 6.45) is 0. The van der Waals surface area contributed by atoms with E-state index < -0.39 is 5.41 Å². The molecule has 13 rings (SSSR count). The van der Waals surface area contributed by atoms with Crippen LogP contribution in [0.1, 0.15) is 22.3 Å². The Morgan fingerprint density at radius 3 is 1.54 bits per heavy atom. The van der Waals surface area contributed by atoms with Crippen molar-refractivity contribution in [1.82, 2.24) is 9.97 Å². The van der Waals surface area contributed by atoms with Crippen LogP contribution >= 0.6 is 0 Å². The van der Waals surface area contributed by atoms with Crippen LogP contribution in [-0.2, 0) is 5.41 Å². The molecular formula is C67H44N2. The molecule has 0 radical (unpaired) electrons. The summed E-state index contributed by atoms with van der Waals surface area (Å²) in [5.41, 5.74) is 19.2. The van der Waals surface area contributed by atoms with Crippen LogP contribution in [0.25, 0.3) is 100.0 Å². The lowest BCUT2D eigenvalue weighted by atomic mass is 9.67. The van der Waals surface area contributed by atoms with Gasteiger partial charge in [0.2, 0.25) is 0 Å². The van der Waals surface area contributed by atoms with Crippen LogP contribution in [0.5, 0.6) is 0 Å². The lowest BCUT2D eigenvalue weighted by Gasteiger charge is -2.33. The third-order valence-corrected chi connectivity index (χ3v) is 14.2. The third kappa shape index (κ3) is 6.88. The van der Waals surface area contributed by atoms with Crippen molar-refractivity contribution in [1.29, 1.82) is 0 Å². The molecule has 2 heteroatoms. The summed E-state index contributed by atoms with van der Waals surface area (Å²) in [5, 5.41) is 4.69. The average Bonchev–Trinajstić information content (AvgIpc) is 3.73. The summed E-state index contributed by atoms with van der Waals surface area (Å²) in [5.74, 6) is 0.692. The van der Waals surface area contributed by atoms with Crippen molar-refractivity contribution < 1.29 is 0 Å². The molecule has 1 aromatic heterocycles. The molecule has 0 saturated carbocycles. The number of hydrogen-bond acceptors (Lipinski definition) is 2. The molecule has 0 N–H and O–H groups in total. The molecule has 322 valence electrons. The van der Waals surface area contributed by atoms with Crippen LogP contribution in [-0.4, -0.2) is 9.97 Å². The summed E-state index contributed by atoms with van der Waals surface area (Å²) in [6, 6.07) is 96.7. The van der Waals surface area contributed by atoms with Crippen LogP contribution in [0, 0.1) is 0 Å². The molecule has 0 spiro atoms. The molecular weight excluding hydrogens is 833 g/mol.